The van der Waals surface area contributed by atoms with Crippen LogP contribution >= 0.6 is 0 Å². The molecular weight excluding hydrogens is 240 g/mol. The van der Waals surface area contributed by atoms with Crippen molar-refractivity contribution >= 4 is 11.7 Å². The third-order valence-corrected chi connectivity index (χ3v) is 3.73. The molecule has 1 N–H and O–H groups in total. The van der Waals surface area contributed by atoms with Crippen LogP contribution < -0.4 is 4.90 Å². The molecule has 4 heteroatoms. The van der Waals surface area contributed by atoms with Crippen molar-refractivity contribution in [2.24, 2.45) is 5.92 Å². The topological polar surface area (TPSA) is 64.3 Å². The van der Waals surface area contributed by atoms with E-state index in [1.807, 2.05) is 24.0 Å². The number of piperidine rings is 1. The van der Waals surface area contributed by atoms with Crippen LogP contribution in [-0.2, 0) is 4.79 Å². The smallest absolute Gasteiger partial charge is 0.326 e. The summed E-state index contributed by atoms with van der Waals surface area (Å²) in [6, 6.07) is 7.18. The van der Waals surface area contributed by atoms with Gasteiger partial charge < -0.3 is 10.0 Å². The number of carboxylic acids is 1. The Balaban J connectivity index is 2.41. The summed E-state index contributed by atoms with van der Waals surface area (Å²) in [7, 11) is 0. The van der Waals surface area contributed by atoms with Crippen LogP contribution in [0.3, 0.4) is 0 Å². The van der Waals surface area contributed by atoms with Crippen molar-refractivity contribution in [1.82, 2.24) is 0 Å². The number of aliphatic carboxylic acids is 1. The van der Waals surface area contributed by atoms with E-state index in [-0.39, 0.29) is 0 Å². The van der Waals surface area contributed by atoms with Gasteiger partial charge in [0.25, 0.3) is 0 Å². The molecule has 2 unspecified atom stereocenters. The van der Waals surface area contributed by atoms with E-state index in [1.165, 1.54) is 0 Å². The molecule has 0 amide bonds. The van der Waals surface area contributed by atoms with E-state index in [0.717, 1.165) is 17.7 Å². The summed E-state index contributed by atoms with van der Waals surface area (Å²) in [5.41, 5.74) is 2.34. The minimum Gasteiger partial charge on any atom is -0.480 e. The van der Waals surface area contributed by atoms with Crippen LogP contribution in [0.4, 0.5) is 5.69 Å². The molecule has 2 rings (SSSR count). The van der Waals surface area contributed by atoms with Gasteiger partial charge in [-0.2, -0.15) is 5.26 Å². The largest absolute Gasteiger partial charge is 0.480 e. The Labute approximate surface area is 113 Å². The lowest BCUT2D eigenvalue weighted by molar-refractivity contribution is -0.139. The first-order chi connectivity index (χ1) is 9.02. The number of rotatable bonds is 2. The molecule has 0 saturated carbocycles. The molecule has 19 heavy (non-hydrogen) atoms. The Morgan fingerprint density at radius 1 is 1.53 bits per heavy atom. The summed E-state index contributed by atoms with van der Waals surface area (Å²) in [6.45, 7) is 4.72. The van der Waals surface area contributed by atoms with Crippen molar-refractivity contribution in [3.63, 3.8) is 0 Å². The van der Waals surface area contributed by atoms with Gasteiger partial charge in [-0.1, -0.05) is 13.0 Å². The Hall–Kier alpha value is -2.02. The molecule has 1 aromatic carbocycles. The van der Waals surface area contributed by atoms with Crippen LogP contribution in [-0.4, -0.2) is 23.7 Å². The Bertz CT molecular complexity index is 533. The molecule has 1 heterocycles. The molecule has 1 aliphatic rings. The number of benzene rings is 1. The lowest BCUT2D eigenvalue weighted by atomic mass is 9.91. The predicted molar refractivity (Wildman–Crippen MR) is 73.1 cm³/mol. The van der Waals surface area contributed by atoms with E-state index in [0.29, 0.717) is 24.4 Å². The number of aryl methyl sites for hydroxylation is 1. The fraction of sp³-hybridized carbons (Fsp3) is 0.467. The zero-order valence-corrected chi connectivity index (χ0v) is 11.3. The van der Waals surface area contributed by atoms with Crippen LogP contribution in [0.5, 0.6) is 0 Å². The monoisotopic (exact) mass is 258 g/mol. The van der Waals surface area contributed by atoms with Crippen LogP contribution in [0, 0.1) is 24.2 Å². The minimum atomic E-state index is -0.808. The lowest BCUT2D eigenvalue weighted by Gasteiger charge is -2.38. The van der Waals surface area contributed by atoms with Gasteiger partial charge in [0, 0.05) is 6.54 Å². The third-order valence-electron chi connectivity index (χ3n) is 3.73. The fourth-order valence-corrected chi connectivity index (χ4v) is 2.64. The number of hydrogen-bond donors (Lipinski definition) is 1. The number of nitriles is 1. The van der Waals surface area contributed by atoms with Crippen molar-refractivity contribution < 1.29 is 9.90 Å². The summed E-state index contributed by atoms with van der Waals surface area (Å²) < 4.78 is 0. The molecule has 4 nitrogen and oxygen atoms in total. The molecule has 1 aliphatic heterocycles. The highest BCUT2D eigenvalue weighted by Crippen LogP contribution is 2.31. The Kier molecular flexibility index (Phi) is 3.75. The van der Waals surface area contributed by atoms with Gasteiger partial charge in [0.05, 0.1) is 11.3 Å². The minimum absolute atomic E-state index is 0.410. The zero-order valence-electron chi connectivity index (χ0n) is 11.3. The van der Waals surface area contributed by atoms with E-state index in [9.17, 15) is 15.2 Å². The summed E-state index contributed by atoms with van der Waals surface area (Å²) in [6.07, 6.45) is 1.59. The van der Waals surface area contributed by atoms with Crippen LogP contribution in [0.1, 0.15) is 30.9 Å². The van der Waals surface area contributed by atoms with Gasteiger partial charge in [-0.3, -0.25) is 0 Å². The number of carboxylic acid groups (broad SMARTS) is 1. The number of carbonyl (C=O) groups is 1. The SMILES string of the molecule is Cc1ccc(C#N)c(N2CCC(C)CC2C(=O)O)c1. The molecule has 2 atom stereocenters. The molecule has 0 spiro atoms. The highest BCUT2D eigenvalue weighted by Gasteiger charge is 2.32. The second-order valence-corrected chi connectivity index (χ2v) is 5.31. The predicted octanol–water partition coefficient (Wildman–Crippen LogP) is 2.56. The molecule has 1 fully saturated rings. The standard InChI is InChI=1S/C15H18N2O2/c1-10-3-4-12(9-16)13(7-10)17-6-5-11(2)8-14(17)15(18)19/h3-4,7,11,14H,5-6,8H2,1-2H3,(H,18,19). The Morgan fingerprint density at radius 2 is 2.26 bits per heavy atom. The van der Waals surface area contributed by atoms with Gasteiger partial charge in [0.2, 0.25) is 0 Å². The van der Waals surface area contributed by atoms with Crippen LogP contribution in [0.2, 0.25) is 0 Å². The summed E-state index contributed by atoms with van der Waals surface area (Å²) in [4.78, 5) is 13.3. The van der Waals surface area contributed by atoms with Gasteiger partial charge in [-0.05, 0) is 43.4 Å². The van der Waals surface area contributed by atoms with Gasteiger partial charge in [-0.15, -0.1) is 0 Å². The van der Waals surface area contributed by atoms with Crippen LogP contribution in [0.25, 0.3) is 0 Å². The highest BCUT2D eigenvalue weighted by molar-refractivity contribution is 5.79. The lowest BCUT2D eigenvalue weighted by Crippen LogP contribution is -2.47. The molecular formula is C15H18N2O2. The van der Waals surface area contributed by atoms with E-state index in [1.54, 1.807) is 6.07 Å². The Morgan fingerprint density at radius 3 is 2.89 bits per heavy atom. The summed E-state index contributed by atoms with van der Waals surface area (Å²) in [5, 5.41) is 18.6. The van der Waals surface area contributed by atoms with E-state index < -0.39 is 12.0 Å². The number of anilines is 1. The van der Waals surface area contributed by atoms with E-state index in [2.05, 4.69) is 13.0 Å². The maximum Gasteiger partial charge on any atom is 0.326 e. The third kappa shape index (κ3) is 2.70. The first-order valence-electron chi connectivity index (χ1n) is 6.53. The average Bonchev–Trinajstić information content (AvgIpc) is 2.38. The van der Waals surface area contributed by atoms with Gasteiger partial charge in [0.1, 0.15) is 12.1 Å². The molecule has 0 aliphatic carbocycles. The second kappa shape index (κ2) is 5.31. The summed E-state index contributed by atoms with van der Waals surface area (Å²) >= 11 is 0. The van der Waals surface area contributed by atoms with E-state index >= 15 is 0 Å². The number of nitrogens with zero attached hydrogens (tertiary/aromatic N) is 2. The highest BCUT2D eigenvalue weighted by atomic mass is 16.4. The van der Waals surface area contributed by atoms with Crippen LogP contribution in [0.15, 0.2) is 18.2 Å². The van der Waals surface area contributed by atoms with Gasteiger partial charge in [-0.25, -0.2) is 4.79 Å². The zero-order chi connectivity index (χ0) is 14.0. The maximum absolute atomic E-state index is 11.4. The molecule has 100 valence electrons. The second-order valence-electron chi connectivity index (χ2n) is 5.31. The summed E-state index contributed by atoms with van der Waals surface area (Å²) in [5.74, 6) is -0.398. The van der Waals surface area contributed by atoms with Crippen molar-refractivity contribution in [3.05, 3.63) is 29.3 Å². The normalized spacial score (nSPS) is 22.9. The van der Waals surface area contributed by atoms with Crippen molar-refractivity contribution in [1.29, 1.82) is 5.26 Å². The quantitative estimate of drug-likeness (QED) is 0.885. The molecule has 0 aromatic heterocycles. The molecule has 0 bridgehead atoms. The van der Waals surface area contributed by atoms with Gasteiger partial charge in [0.15, 0.2) is 0 Å². The van der Waals surface area contributed by atoms with E-state index in [4.69, 9.17) is 0 Å². The van der Waals surface area contributed by atoms with Crippen molar-refractivity contribution in [2.75, 3.05) is 11.4 Å². The van der Waals surface area contributed by atoms with Crippen molar-refractivity contribution in [3.8, 4) is 6.07 Å². The first kappa shape index (κ1) is 13.4. The molecule has 0 radical (unpaired) electrons. The van der Waals surface area contributed by atoms with Crippen molar-refractivity contribution in [2.45, 2.75) is 32.7 Å². The first-order valence-corrected chi connectivity index (χ1v) is 6.53. The van der Waals surface area contributed by atoms with Gasteiger partial charge >= 0.3 is 5.97 Å². The molecule has 1 aromatic rings. The maximum atomic E-state index is 11.4. The number of hydrogen-bond acceptors (Lipinski definition) is 3. The fourth-order valence-electron chi connectivity index (χ4n) is 2.64. The molecule has 1 saturated heterocycles. The average molecular weight is 258 g/mol.